The Kier molecular flexibility index (Phi) is 6.14. The van der Waals surface area contributed by atoms with Gasteiger partial charge in [-0.2, -0.15) is 0 Å². The van der Waals surface area contributed by atoms with Crippen LogP contribution >= 0.6 is 0 Å². The molecule has 3 aromatic rings. The molecule has 0 unspecified atom stereocenters. The zero-order valence-electron chi connectivity index (χ0n) is 18.7. The molecule has 1 aliphatic rings. The topological polar surface area (TPSA) is 108 Å². The Bertz CT molecular complexity index is 1130. The van der Waals surface area contributed by atoms with E-state index in [9.17, 15) is 9.90 Å². The number of rotatable bonds is 7. The van der Waals surface area contributed by atoms with Crippen molar-refractivity contribution < 1.29 is 24.1 Å². The Morgan fingerprint density at radius 2 is 2.22 bits per heavy atom. The minimum absolute atomic E-state index is 0.158. The molecule has 3 aromatic heterocycles. The van der Waals surface area contributed by atoms with Gasteiger partial charge < -0.3 is 29.2 Å². The molecule has 0 saturated carbocycles. The van der Waals surface area contributed by atoms with E-state index in [4.69, 9.17) is 19.2 Å². The summed E-state index contributed by atoms with van der Waals surface area (Å²) in [5, 5.41) is 13.3. The van der Waals surface area contributed by atoms with E-state index in [2.05, 4.69) is 10.3 Å². The van der Waals surface area contributed by atoms with Gasteiger partial charge in [-0.15, -0.1) is 0 Å². The van der Waals surface area contributed by atoms with Gasteiger partial charge in [-0.05, 0) is 13.0 Å². The molecule has 2 atom stereocenters. The maximum absolute atomic E-state index is 11.5. The summed E-state index contributed by atoms with van der Waals surface area (Å²) in [6.45, 7) is 4.27. The minimum atomic E-state index is -0.660. The molecular weight excluding hydrogens is 412 g/mol. The second-order valence-electron chi connectivity index (χ2n) is 8.16. The predicted octanol–water partition coefficient (Wildman–Crippen LogP) is 2.62. The molecule has 9 nitrogen and oxygen atoms in total. The number of fused-ring (bicyclic) bond motifs is 1. The van der Waals surface area contributed by atoms with Gasteiger partial charge in [-0.1, -0.05) is 0 Å². The van der Waals surface area contributed by atoms with Crippen LogP contribution in [0.3, 0.4) is 0 Å². The van der Waals surface area contributed by atoms with Gasteiger partial charge in [0.05, 0.1) is 35.8 Å². The lowest BCUT2D eigenvalue weighted by Crippen LogP contribution is -2.30. The van der Waals surface area contributed by atoms with E-state index in [1.807, 2.05) is 36.0 Å². The van der Waals surface area contributed by atoms with Crippen molar-refractivity contribution in [2.75, 3.05) is 32.2 Å². The zero-order chi connectivity index (χ0) is 22.9. The lowest BCUT2D eigenvalue weighted by Gasteiger charge is -2.26. The lowest BCUT2D eigenvalue weighted by molar-refractivity contribution is -0.114. The van der Waals surface area contributed by atoms with Gasteiger partial charge >= 0.3 is 0 Å². The number of pyridine rings is 2. The van der Waals surface area contributed by atoms with Crippen molar-refractivity contribution in [1.29, 1.82) is 0 Å². The number of aryl methyl sites for hydroxylation is 1. The highest BCUT2D eigenvalue weighted by Crippen LogP contribution is 2.38. The first kappa shape index (κ1) is 22.2. The third-order valence-electron chi connectivity index (χ3n) is 5.59. The molecule has 1 saturated heterocycles. The fourth-order valence-corrected chi connectivity index (χ4v) is 3.92. The number of amides is 1. The number of aliphatic hydroxyl groups is 1. The van der Waals surface area contributed by atoms with Crippen LogP contribution in [0.2, 0.25) is 0 Å². The van der Waals surface area contributed by atoms with Crippen LogP contribution < -0.4 is 10.1 Å². The van der Waals surface area contributed by atoms with Crippen molar-refractivity contribution in [3.05, 3.63) is 36.3 Å². The van der Waals surface area contributed by atoms with Gasteiger partial charge in [-0.3, -0.25) is 4.79 Å². The average Bonchev–Trinajstić information content (AvgIpc) is 3.37. The van der Waals surface area contributed by atoms with Crippen LogP contribution in [-0.4, -0.2) is 58.6 Å². The first-order chi connectivity index (χ1) is 15.3. The largest absolute Gasteiger partial charge is 0.491 e. The number of aromatic nitrogens is 3. The SMILES string of the molecule is CO[C@@]1(c2cc(OC[C@@H](C)O)cc(-c3cn(C)c4cnc(NC(C)=O)cc34)n2)CCOC1. The molecule has 0 aromatic carbocycles. The highest BCUT2D eigenvalue weighted by Gasteiger charge is 2.39. The summed E-state index contributed by atoms with van der Waals surface area (Å²) >= 11 is 0. The van der Waals surface area contributed by atoms with Crippen LogP contribution in [0, 0.1) is 0 Å². The van der Waals surface area contributed by atoms with Gasteiger partial charge in [-0.25, -0.2) is 9.97 Å². The van der Waals surface area contributed by atoms with Gasteiger partial charge in [0.25, 0.3) is 0 Å². The van der Waals surface area contributed by atoms with E-state index in [-0.39, 0.29) is 12.5 Å². The fourth-order valence-electron chi connectivity index (χ4n) is 3.92. The maximum Gasteiger partial charge on any atom is 0.222 e. The van der Waals surface area contributed by atoms with Crippen LogP contribution in [0.15, 0.2) is 30.6 Å². The van der Waals surface area contributed by atoms with Crippen LogP contribution in [0.25, 0.3) is 22.2 Å². The summed E-state index contributed by atoms with van der Waals surface area (Å²) in [7, 11) is 3.59. The molecule has 0 bridgehead atoms. The van der Waals surface area contributed by atoms with Crippen molar-refractivity contribution in [2.45, 2.75) is 32.0 Å². The van der Waals surface area contributed by atoms with E-state index < -0.39 is 11.7 Å². The standard InChI is InChI=1S/C23H28N4O5/c1-14(28)12-32-16-7-19(26-21(8-16)23(30-4)5-6-31-13-23)18-11-27(3)20-10-24-22(9-17(18)20)25-15(2)29/h7-11,14,28H,5-6,12-13H2,1-4H3,(H,24,25,29)/t14-,23+/m1/s1. The van der Waals surface area contributed by atoms with Crippen molar-refractivity contribution >= 4 is 22.6 Å². The summed E-state index contributed by atoms with van der Waals surface area (Å²) in [5.74, 6) is 0.866. The van der Waals surface area contributed by atoms with E-state index >= 15 is 0 Å². The number of methoxy groups -OCH3 is 1. The number of nitrogens with zero attached hydrogens (tertiary/aromatic N) is 3. The fraction of sp³-hybridized carbons (Fsp3) is 0.435. The Morgan fingerprint density at radius 1 is 1.41 bits per heavy atom. The number of nitrogens with one attached hydrogen (secondary N) is 1. The number of hydrogen-bond donors (Lipinski definition) is 2. The predicted molar refractivity (Wildman–Crippen MR) is 120 cm³/mol. The highest BCUT2D eigenvalue weighted by molar-refractivity contribution is 5.98. The summed E-state index contributed by atoms with van der Waals surface area (Å²) < 4.78 is 19.3. The summed E-state index contributed by atoms with van der Waals surface area (Å²) in [6.07, 6.45) is 3.77. The highest BCUT2D eigenvalue weighted by atomic mass is 16.5. The monoisotopic (exact) mass is 440 g/mol. The van der Waals surface area contributed by atoms with Crippen molar-refractivity contribution in [3.8, 4) is 17.0 Å². The number of hydrogen-bond acceptors (Lipinski definition) is 7. The molecule has 0 spiro atoms. The van der Waals surface area contributed by atoms with Crippen LogP contribution in [0.4, 0.5) is 5.82 Å². The number of anilines is 1. The molecular formula is C23H28N4O5. The van der Waals surface area contributed by atoms with Crippen LogP contribution in [-0.2, 0) is 26.9 Å². The third-order valence-corrected chi connectivity index (χ3v) is 5.59. The number of carbonyl (C=O) groups is 1. The van der Waals surface area contributed by atoms with Crippen molar-refractivity contribution in [2.24, 2.45) is 7.05 Å². The summed E-state index contributed by atoms with van der Waals surface area (Å²) in [6, 6.07) is 5.53. The van der Waals surface area contributed by atoms with Gasteiger partial charge in [0.1, 0.15) is 23.8 Å². The molecule has 1 fully saturated rings. The molecule has 1 aliphatic heterocycles. The van der Waals surface area contributed by atoms with Crippen LogP contribution in [0.5, 0.6) is 5.75 Å². The molecule has 170 valence electrons. The van der Waals surface area contributed by atoms with Gasteiger partial charge in [0.15, 0.2) is 0 Å². The number of aliphatic hydroxyl groups excluding tert-OH is 1. The normalized spacial score (nSPS) is 19.3. The second-order valence-corrected chi connectivity index (χ2v) is 8.16. The second kappa shape index (κ2) is 8.85. The van der Waals surface area contributed by atoms with E-state index in [1.54, 1.807) is 20.2 Å². The Morgan fingerprint density at radius 3 is 2.88 bits per heavy atom. The molecule has 2 N–H and O–H groups in total. The maximum atomic E-state index is 11.5. The van der Waals surface area contributed by atoms with Gasteiger partial charge in [0, 0.05) is 63.4 Å². The quantitative estimate of drug-likeness (QED) is 0.581. The third kappa shape index (κ3) is 4.32. The first-order valence-electron chi connectivity index (χ1n) is 10.5. The molecule has 1 amide bonds. The Labute approximate surface area is 186 Å². The number of carbonyl (C=O) groups excluding carboxylic acids is 1. The molecule has 0 aliphatic carbocycles. The minimum Gasteiger partial charge on any atom is -0.491 e. The first-order valence-corrected chi connectivity index (χ1v) is 10.5. The van der Waals surface area contributed by atoms with Crippen LogP contribution in [0.1, 0.15) is 26.0 Å². The lowest BCUT2D eigenvalue weighted by atomic mass is 9.96. The molecule has 9 heteroatoms. The Balaban J connectivity index is 1.86. The number of ether oxygens (including phenoxy) is 3. The summed E-state index contributed by atoms with van der Waals surface area (Å²) in [5.41, 5.74) is 2.51. The molecule has 32 heavy (non-hydrogen) atoms. The van der Waals surface area contributed by atoms with Gasteiger partial charge in [0.2, 0.25) is 5.91 Å². The average molecular weight is 441 g/mol. The van der Waals surface area contributed by atoms with E-state index in [0.717, 1.165) is 16.5 Å². The van der Waals surface area contributed by atoms with E-state index in [0.29, 0.717) is 42.6 Å². The van der Waals surface area contributed by atoms with Crippen molar-refractivity contribution in [3.63, 3.8) is 0 Å². The molecule has 4 heterocycles. The Hall–Kier alpha value is -3.01. The zero-order valence-corrected chi connectivity index (χ0v) is 18.7. The van der Waals surface area contributed by atoms with E-state index in [1.165, 1.54) is 6.92 Å². The van der Waals surface area contributed by atoms with Crippen molar-refractivity contribution in [1.82, 2.24) is 14.5 Å². The molecule has 4 rings (SSSR count). The smallest absolute Gasteiger partial charge is 0.222 e. The molecule has 0 radical (unpaired) electrons. The summed E-state index contributed by atoms with van der Waals surface area (Å²) in [4.78, 5) is 20.8.